The molecule has 31 heavy (non-hydrogen) atoms. The Labute approximate surface area is 179 Å². The zero-order valence-electron chi connectivity index (χ0n) is 17.0. The van der Waals surface area contributed by atoms with Gasteiger partial charge in [0.15, 0.2) is 5.82 Å². The van der Waals surface area contributed by atoms with Gasteiger partial charge in [0.2, 0.25) is 0 Å². The van der Waals surface area contributed by atoms with Gasteiger partial charge in [0.25, 0.3) is 0 Å². The van der Waals surface area contributed by atoms with Crippen molar-refractivity contribution in [2.75, 3.05) is 0 Å². The fraction of sp³-hybridized carbons (Fsp3) is 0.125. The highest BCUT2D eigenvalue weighted by Crippen LogP contribution is 2.33. The normalized spacial score (nSPS) is 11.2. The minimum atomic E-state index is -0.127. The highest BCUT2D eigenvalue weighted by molar-refractivity contribution is 5.97. The number of pyridine rings is 2. The topological polar surface area (TPSA) is 89.6 Å². The standard InChI is InChI=1S/C24H20N6O/c1-2-17-5-3-7-21(28-17)16-11-19(22-9-10-25-15-26-22)20-13-27-30(23(20)12-16)24-8-4-6-18(14-31)29-24/h3-13,15,31H,2,14H2,1H3. The Morgan fingerprint density at radius 1 is 0.935 bits per heavy atom. The van der Waals surface area contributed by atoms with Crippen molar-refractivity contribution in [2.24, 2.45) is 0 Å². The molecule has 4 aromatic heterocycles. The number of hydrogen-bond acceptors (Lipinski definition) is 6. The number of aromatic nitrogens is 6. The fourth-order valence-corrected chi connectivity index (χ4v) is 3.63. The number of aryl methyl sites for hydroxylation is 1. The first-order chi connectivity index (χ1) is 15.3. The minimum Gasteiger partial charge on any atom is -0.390 e. The van der Waals surface area contributed by atoms with Gasteiger partial charge >= 0.3 is 0 Å². The van der Waals surface area contributed by atoms with E-state index in [0.29, 0.717) is 11.5 Å². The average molecular weight is 408 g/mol. The Kier molecular flexibility index (Phi) is 4.93. The third kappa shape index (κ3) is 3.55. The molecule has 0 radical (unpaired) electrons. The van der Waals surface area contributed by atoms with Crippen LogP contribution < -0.4 is 0 Å². The lowest BCUT2D eigenvalue weighted by Gasteiger charge is -2.10. The van der Waals surface area contributed by atoms with Crippen LogP contribution in [0.4, 0.5) is 0 Å². The van der Waals surface area contributed by atoms with Crippen LogP contribution in [0, 0.1) is 0 Å². The number of aliphatic hydroxyl groups excluding tert-OH is 1. The number of benzene rings is 1. The largest absolute Gasteiger partial charge is 0.390 e. The molecule has 7 heteroatoms. The van der Waals surface area contributed by atoms with E-state index >= 15 is 0 Å². The molecular weight excluding hydrogens is 388 g/mol. The van der Waals surface area contributed by atoms with Crippen molar-refractivity contribution in [3.8, 4) is 28.3 Å². The Hall–Kier alpha value is -3.97. The molecule has 0 spiro atoms. The van der Waals surface area contributed by atoms with Gasteiger partial charge < -0.3 is 5.11 Å². The van der Waals surface area contributed by atoms with E-state index < -0.39 is 0 Å². The molecule has 5 aromatic rings. The maximum atomic E-state index is 9.49. The summed E-state index contributed by atoms with van der Waals surface area (Å²) in [7, 11) is 0. The first-order valence-electron chi connectivity index (χ1n) is 10.1. The molecule has 0 aliphatic carbocycles. The van der Waals surface area contributed by atoms with Gasteiger partial charge in [-0.15, -0.1) is 0 Å². The lowest BCUT2D eigenvalue weighted by molar-refractivity contribution is 0.276. The molecule has 0 aliphatic rings. The van der Waals surface area contributed by atoms with Gasteiger partial charge in [0.05, 0.1) is 35.4 Å². The molecule has 4 heterocycles. The lowest BCUT2D eigenvalue weighted by Crippen LogP contribution is -2.02. The summed E-state index contributed by atoms with van der Waals surface area (Å²) in [5.74, 6) is 0.641. The molecule has 7 nitrogen and oxygen atoms in total. The van der Waals surface area contributed by atoms with Crippen molar-refractivity contribution in [1.82, 2.24) is 29.7 Å². The van der Waals surface area contributed by atoms with E-state index in [1.165, 1.54) is 0 Å². The summed E-state index contributed by atoms with van der Waals surface area (Å²) in [6.45, 7) is 1.97. The van der Waals surface area contributed by atoms with Crippen LogP contribution in [-0.2, 0) is 13.0 Å². The van der Waals surface area contributed by atoms with E-state index in [1.807, 2.05) is 42.6 Å². The summed E-state index contributed by atoms with van der Waals surface area (Å²) in [6, 6.07) is 17.6. The van der Waals surface area contributed by atoms with Crippen molar-refractivity contribution in [1.29, 1.82) is 0 Å². The molecule has 5 rings (SSSR count). The molecule has 1 N–H and O–H groups in total. The SMILES string of the molecule is CCc1cccc(-c2cc(-c3ccncn3)c3cnn(-c4cccc(CO)n4)c3c2)n1. The number of aliphatic hydroxyl groups is 1. The first kappa shape index (κ1) is 19.0. The van der Waals surface area contributed by atoms with Crippen LogP contribution in [0.25, 0.3) is 39.2 Å². The van der Waals surface area contributed by atoms with E-state index in [0.717, 1.165) is 45.5 Å². The number of hydrogen-bond donors (Lipinski definition) is 1. The monoisotopic (exact) mass is 408 g/mol. The molecular formula is C24H20N6O. The highest BCUT2D eigenvalue weighted by atomic mass is 16.3. The van der Waals surface area contributed by atoms with Gasteiger partial charge in [0, 0.05) is 28.4 Å². The molecule has 0 bridgehead atoms. The number of fused-ring (bicyclic) bond motifs is 1. The first-order valence-corrected chi connectivity index (χ1v) is 10.1. The van der Waals surface area contributed by atoms with E-state index in [1.54, 1.807) is 23.3 Å². The van der Waals surface area contributed by atoms with E-state index in [9.17, 15) is 5.11 Å². The third-order valence-corrected chi connectivity index (χ3v) is 5.18. The van der Waals surface area contributed by atoms with E-state index in [-0.39, 0.29) is 6.61 Å². The van der Waals surface area contributed by atoms with E-state index in [4.69, 9.17) is 4.98 Å². The molecule has 0 amide bonds. The van der Waals surface area contributed by atoms with Gasteiger partial charge in [-0.1, -0.05) is 19.1 Å². The van der Waals surface area contributed by atoms with Gasteiger partial charge in [-0.2, -0.15) is 5.10 Å². The molecule has 0 unspecified atom stereocenters. The minimum absolute atomic E-state index is 0.127. The van der Waals surface area contributed by atoms with Crippen LogP contribution >= 0.6 is 0 Å². The molecule has 0 aliphatic heterocycles. The van der Waals surface area contributed by atoms with Gasteiger partial charge in [-0.25, -0.2) is 19.6 Å². The Morgan fingerprint density at radius 3 is 2.61 bits per heavy atom. The van der Waals surface area contributed by atoms with E-state index in [2.05, 4.69) is 39.1 Å². The molecule has 0 saturated carbocycles. The van der Waals surface area contributed by atoms with Crippen molar-refractivity contribution >= 4 is 10.9 Å². The average Bonchev–Trinajstić information content (AvgIpc) is 3.28. The molecule has 152 valence electrons. The van der Waals surface area contributed by atoms with Crippen molar-refractivity contribution in [2.45, 2.75) is 20.0 Å². The smallest absolute Gasteiger partial charge is 0.154 e. The fourth-order valence-electron chi connectivity index (χ4n) is 3.63. The molecule has 1 aromatic carbocycles. The van der Waals surface area contributed by atoms with Crippen molar-refractivity contribution in [3.63, 3.8) is 0 Å². The second-order valence-corrected chi connectivity index (χ2v) is 7.12. The summed E-state index contributed by atoms with van der Waals surface area (Å²) in [4.78, 5) is 17.8. The summed E-state index contributed by atoms with van der Waals surface area (Å²) >= 11 is 0. The lowest BCUT2D eigenvalue weighted by atomic mass is 10.0. The second-order valence-electron chi connectivity index (χ2n) is 7.12. The van der Waals surface area contributed by atoms with Crippen LogP contribution in [0.1, 0.15) is 18.3 Å². The van der Waals surface area contributed by atoms with Crippen molar-refractivity contribution < 1.29 is 5.11 Å². The Morgan fingerprint density at radius 2 is 1.81 bits per heavy atom. The maximum Gasteiger partial charge on any atom is 0.154 e. The summed E-state index contributed by atoms with van der Waals surface area (Å²) in [5.41, 5.74) is 6.13. The van der Waals surface area contributed by atoms with Gasteiger partial charge in [-0.3, -0.25) is 4.98 Å². The summed E-state index contributed by atoms with van der Waals surface area (Å²) in [6.07, 6.45) is 5.96. The van der Waals surface area contributed by atoms with Crippen molar-refractivity contribution in [3.05, 3.63) is 84.7 Å². The third-order valence-electron chi connectivity index (χ3n) is 5.18. The maximum absolute atomic E-state index is 9.49. The summed E-state index contributed by atoms with van der Waals surface area (Å²) in [5, 5.41) is 15.0. The predicted octanol–water partition coefficient (Wildman–Crippen LogP) is 3.99. The predicted molar refractivity (Wildman–Crippen MR) is 118 cm³/mol. The number of rotatable bonds is 5. The van der Waals surface area contributed by atoms with Crippen LogP contribution in [0.15, 0.2) is 73.3 Å². The van der Waals surface area contributed by atoms with Crippen LogP contribution in [-0.4, -0.2) is 34.8 Å². The van der Waals surface area contributed by atoms with Crippen LogP contribution in [0.3, 0.4) is 0 Å². The molecule has 0 fully saturated rings. The van der Waals surface area contributed by atoms with Crippen LogP contribution in [0.5, 0.6) is 0 Å². The second kappa shape index (κ2) is 8.04. The Bertz CT molecular complexity index is 1360. The summed E-state index contributed by atoms with van der Waals surface area (Å²) < 4.78 is 1.78. The van der Waals surface area contributed by atoms with Gasteiger partial charge in [0.1, 0.15) is 6.33 Å². The van der Waals surface area contributed by atoms with Crippen LogP contribution in [0.2, 0.25) is 0 Å². The zero-order valence-corrected chi connectivity index (χ0v) is 17.0. The number of nitrogens with zero attached hydrogens (tertiary/aromatic N) is 6. The Balaban J connectivity index is 1.78. The molecule has 0 saturated heterocycles. The quantitative estimate of drug-likeness (QED) is 0.473. The molecule has 0 atom stereocenters. The van der Waals surface area contributed by atoms with Gasteiger partial charge in [-0.05, 0) is 48.9 Å². The zero-order chi connectivity index (χ0) is 21.2. The highest BCUT2D eigenvalue weighted by Gasteiger charge is 2.15.